The zero-order chi connectivity index (χ0) is 30.8. The number of quaternary nitrogens is 2. The maximum atomic E-state index is 6.08. The van der Waals surface area contributed by atoms with Crippen LogP contribution in [0.3, 0.4) is 0 Å². The van der Waals surface area contributed by atoms with Crippen molar-refractivity contribution in [3.63, 3.8) is 0 Å². The highest BCUT2D eigenvalue weighted by atomic mass is 16.5. The molecule has 0 unspecified atom stereocenters. The van der Waals surface area contributed by atoms with Crippen LogP contribution >= 0.6 is 0 Å². The van der Waals surface area contributed by atoms with Crippen molar-refractivity contribution in [1.29, 1.82) is 0 Å². The zero-order valence-corrected chi connectivity index (χ0v) is 29.4. The molecule has 0 atom stereocenters. The van der Waals surface area contributed by atoms with Crippen molar-refractivity contribution < 1.29 is 18.4 Å². The van der Waals surface area contributed by atoms with Crippen LogP contribution in [-0.2, 0) is 0 Å². The van der Waals surface area contributed by atoms with Crippen molar-refractivity contribution in [3.05, 3.63) is 24.3 Å². The molecule has 0 fully saturated rings. The van der Waals surface area contributed by atoms with Crippen LogP contribution in [0, 0.1) is 0 Å². The Bertz CT molecular complexity index is 655. The van der Waals surface area contributed by atoms with E-state index in [-0.39, 0.29) is 0 Å². The maximum Gasteiger partial charge on any atom is 0.137 e. The molecule has 0 aliphatic heterocycles. The van der Waals surface area contributed by atoms with Crippen LogP contribution in [0.4, 0.5) is 0 Å². The number of nitrogens with zero attached hydrogens (tertiary/aromatic N) is 2. The van der Waals surface area contributed by atoms with Crippen LogP contribution in [0.5, 0.6) is 11.5 Å². The highest BCUT2D eigenvalue weighted by Gasteiger charge is 2.16. The van der Waals surface area contributed by atoms with Gasteiger partial charge in [-0.15, -0.1) is 0 Å². The first kappa shape index (κ1) is 38.8. The summed E-state index contributed by atoms with van der Waals surface area (Å²) >= 11 is 0. The van der Waals surface area contributed by atoms with Crippen LogP contribution in [-0.4, -0.2) is 76.5 Å². The highest BCUT2D eigenvalue weighted by molar-refractivity contribution is 5.31. The number of unbranched alkanes of at least 4 members (excludes halogenated alkanes) is 18. The molecule has 0 saturated carbocycles. The van der Waals surface area contributed by atoms with Gasteiger partial charge in [0, 0.05) is 0 Å². The van der Waals surface area contributed by atoms with Gasteiger partial charge in [-0.3, -0.25) is 0 Å². The molecular weight excluding hydrogens is 516 g/mol. The van der Waals surface area contributed by atoms with Crippen molar-refractivity contribution in [1.82, 2.24) is 0 Å². The number of benzene rings is 1. The van der Waals surface area contributed by atoms with E-state index in [1.165, 1.54) is 142 Å². The molecule has 0 aromatic heterocycles. The molecule has 1 aromatic carbocycles. The minimum atomic E-state index is 0.760. The van der Waals surface area contributed by atoms with E-state index in [9.17, 15) is 0 Å². The van der Waals surface area contributed by atoms with Crippen LogP contribution < -0.4 is 9.47 Å². The minimum Gasteiger partial charge on any atom is -0.488 e. The average molecular weight is 591 g/mol. The molecule has 0 aliphatic carbocycles. The Morgan fingerprint density at radius 3 is 0.929 bits per heavy atom. The van der Waals surface area contributed by atoms with Gasteiger partial charge in [-0.2, -0.15) is 0 Å². The molecule has 0 radical (unpaired) electrons. The molecule has 246 valence electrons. The summed E-state index contributed by atoms with van der Waals surface area (Å²) in [5, 5.41) is 0. The van der Waals surface area contributed by atoms with Gasteiger partial charge in [0.15, 0.2) is 0 Å². The van der Waals surface area contributed by atoms with E-state index in [1.807, 2.05) is 0 Å². The van der Waals surface area contributed by atoms with E-state index < -0.39 is 0 Å². The molecule has 0 saturated heterocycles. The predicted octanol–water partition coefficient (Wildman–Crippen LogP) is 10.4. The Morgan fingerprint density at radius 1 is 0.381 bits per heavy atom. The van der Waals surface area contributed by atoms with Crippen LogP contribution in [0.1, 0.15) is 142 Å². The third-order valence-corrected chi connectivity index (χ3v) is 8.99. The third kappa shape index (κ3) is 23.2. The lowest BCUT2D eigenvalue weighted by Crippen LogP contribution is -2.43. The first-order chi connectivity index (χ1) is 20.3. The van der Waals surface area contributed by atoms with Crippen molar-refractivity contribution in [2.75, 3.05) is 67.6 Å². The van der Waals surface area contributed by atoms with Crippen molar-refractivity contribution in [3.8, 4) is 11.5 Å². The summed E-state index contributed by atoms with van der Waals surface area (Å²) in [6.45, 7) is 10.7. The molecule has 1 aromatic rings. The molecule has 0 aliphatic rings. The van der Waals surface area contributed by atoms with E-state index in [4.69, 9.17) is 9.47 Å². The molecular formula is C38H74N2O2+2. The van der Waals surface area contributed by atoms with Gasteiger partial charge in [-0.25, -0.2) is 0 Å². The van der Waals surface area contributed by atoms with E-state index >= 15 is 0 Å². The quantitative estimate of drug-likeness (QED) is 0.0655. The second-order valence-electron chi connectivity index (χ2n) is 14.3. The molecule has 0 heterocycles. The summed E-state index contributed by atoms with van der Waals surface area (Å²) in [6, 6.07) is 8.23. The van der Waals surface area contributed by atoms with Gasteiger partial charge in [0.05, 0.1) is 41.3 Å². The first-order valence-electron chi connectivity index (χ1n) is 18.3. The minimum absolute atomic E-state index is 0.760. The zero-order valence-electron chi connectivity index (χ0n) is 29.4. The highest BCUT2D eigenvalue weighted by Crippen LogP contribution is 2.19. The monoisotopic (exact) mass is 591 g/mol. The lowest BCUT2D eigenvalue weighted by Gasteiger charge is -2.30. The van der Waals surface area contributed by atoms with Gasteiger partial charge in [0.2, 0.25) is 0 Å². The summed E-state index contributed by atoms with van der Waals surface area (Å²) < 4.78 is 14.2. The summed E-state index contributed by atoms with van der Waals surface area (Å²) in [5.41, 5.74) is 0. The van der Waals surface area contributed by atoms with Gasteiger partial charge >= 0.3 is 0 Å². The van der Waals surface area contributed by atoms with E-state index in [1.54, 1.807) is 0 Å². The van der Waals surface area contributed by atoms with Crippen LogP contribution in [0.2, 0.25) is 0 Å². The van der Waals surface area contributed by atoms with Crippen molar-refractivity contribution >= 4 is 0 Å². The Labute approximate surface area is 263 Å². The standard InChI is InChI=1S/C38H74N2O2/c1-7-9-11-13-15-17-19-21-23-25-31-39(3,4)33-35-41-37-27-29-38(30-28-37)42-36-34-40(5,6)32-26-24-22-20-18-16-14-12-10-8-2/h27-30H,7-26,31-36H2,1-6H3/q+2. The van der Waals surface area contributed by atoms with Gasteiger partial charge < -0.3 is 18.4 Å². The first-order valence-corrected chi connectivity index (χ1v) is 18.3. The summed E-state index contributed by atoms with van der Waals surface area (Å²) in [4.78, 5) is 0. The topological polar surface area (TPSA) is 18.5 Å². The second kappa shape index (κ2) is 25.1. The molecule has 4 heteroatoms. The number of hydrogen-bond acceptors (Lipinski definition) is 2. The molecule has 4 nitrogen and oxygen atoms in total. The molecule has 0 spiro atoms. The fourth-order valence-corrected chi connectivity index (χ4v) is 5.73. The predicted molar refractivity (Wildman–Crippen MR) is 185 cm³/mol. The normalized spacial score (nSPS) is 12.1. The summed E-state index contributed by atoms with van der Waals surface area (Å²) in [6.07, 6.45) is 28.0. The van der Waals surface area contributed by atoms with Crippen LogP contribution in [0.25, 0.3) is 0 Å². The van der Waals surface area contributed by atoms with Crippen molar-refractivity contribution in [2.24, 2.45) is 0 Å². The molecule has 0 bridgehead atoms. The lowest BCUT2D eigenvalue weighted by atomic mass is 10.1. The van der Waals surface area contributed by atoms with Crippen molar-refractivity contribution in [2.45, 2.75) is 142 Å². The van der Waals surface area contributed by atoms with E-state index in [0.29, 0.717) is 0 Å². The Balaban J connectivity index is 2.08. The van der Waals surface area contributed by atoms with Gasteiger partial charge in [-0.05, 0) is 49.9 Å². The number of ether oxygens (including phenoxy) is 2. The van der Waals surface area contributed by atoms with Gasteiger partial charge in [-0.1, -0.05) is 117 Å². The molecule has 1 rings (SSSR count). The largest absolute Gasteiger partial charge is 0.488 e. The number of rotatable bonds is 30. The Hall–Kier alpha value is -1.26. The third-order valence-electron chi connectivity index (χ3n) is 8.99. The number of likely N-dealkylation sites (N-methyl/N-ethyl adjacent to an activating group) is 2. The summed E-state index contributed by atoms with van der Waals surface area (Å²) in [7, 11) is 9.35. The average Bonchev–Trinajstić information content (AvgIpc) is 2.95. The fourth-order valence-electron chi connectivity index (χ4n) is 5.73. The summed E-state index contributed by atoms with van der Waals surface area (Å²) in [5.74, 6) is 1.89. The SMILES string of the molecule is CCCCCCCCCCCC[N+](C)(C)CCOc1ccc(OCC[N+](C)(C)CCCCCCCCCCCC)cc1. The van der Waals surface area contributed by atoms with Gasteiger partial charge in [0.25, 0.3) is 0 Å². The Morgan fingerprint density at radius 2 is 0.643 bits per heavy atom. The maximum absolute atomic E-state index is 6.08. The lowest BCUT2D eigenvalue weighted by molar-refractivity contribution is -0.890. The molecule has 0 N–H and O–H groups in total. The smallest absolute Gasteiger partial charge is 0.137 e. The van der Waals surface area contributed by atoms with E-state index in [2.05, 4.69) is 66.3 Å². The second-order valence-corrected chi connectivity index (χ2v) is 14.3. The Kier molecular flexibility index (Phi) is 23.2. The fraction of sp³-hybridized carbons (Fsp3) is 0.842. The van der Waals surface area contributed by atoms with Gasteiger partial charge in [0.1, 0.15) is 37.8 Å². The van der Waals surface area contributed by atoms with E-state index in [0.717, 1.165) is 46.8 Å². The molecule has 42 heavy (non-hydrogen) atoms. The molecule has 0 amide bonds. The number of hydrogen-bond donors (Lipinski definition) is 0. The van der Waals surface area contributed by atoms with Crippen LogP contribution in [0.15, 0.2) is 24.3 Å².